The molecule has 0 aliphatic carbocycles. The van der Waals surface area contributed by atoms with E-state index in [1.54, 1.807) is 24.3 Å². The Labute approximate surface area is 148 Å². The van der Waals surface area contributed by atoms with E-state index in [0.29, 0.717) is 17.5 Å². The summed E-state index contributed by atoms with van der Waals surface area (Å²) in [6, 6.07) is 8.29. The summed E-state index contributed by atoms with van der Waals surface area (Å²) in [6.45, 7) is 0. The molecule has 8 heteroatoms. The number of halogens is 5. The average Bonchev–Trinajstić information content (AvgIpc) is 2.56. The Morgan fingerprint density at radius 1 is 1.08 bits per heavy atom. The van der Waals surface area contributed by atoms with Gasteiger partial charge in [-0.3, -0.25) is 10.2 Å². The molecule has 130 valence electrons. The van der Waals surface area contributed by atoms with Gasteiger partial charge in [0.05, 0.1) is 5.92 Å². The second-order valence-corrected chi connectivity index (χ2v) is 5.29. The van der Waals surface area contributed by atoms with Crippen LogP contribution in [0.25, 0.3) is 11.1 Å². The van der Waals surface area contributed by atoms with E-state index in [2.05, 4.69) is 5.43 Å². The maximum absolute atomic E-state index is 13.3. The van der Waals surface area contributed by atoms with E-state index in [0.717, 1.165) is 12.1 Å². The number of benzene rings is 2. The van der Waals surface area contributed by atoms with Crippen molar-refractivity contribution < 1.29 is 18.0 Å². The van der Waals surface area contributed by atoms with Gasteiger partial charge in [-0.05, 0) is 35.2 Å². The topological polar surface area (TPSA) is 55.1 Å². The predicted molar refractivity (Wildman–Crippen MR) is 89.4 cm³/mol. The number of hydrogen-bond donors (Lipinski definition) is 2. The van der Waals surface area contributed by atoms with Gasteiger partial charge in [0.1, 0.15) is 0 Å². The maximum atomic E-state index is 13.3. The first kappa shape index (κ1) is 20.3. The van der Waals surface area contributed by atoms with Crippen molar-refractivity contribution in [3.05, 3.63) is 59.4 Å². The van der Waals surface area contributed by atoms with E-state index in [1.807, 2.05) is 0 Å². The second-order valence-electron chi connectivity index (χ2n) is 4.91. The number of rotatable bonds is 5. The van der Waals surface area contributed by atoms with E-state index < -0.39 is 23.4 Å². The summed E-state index contributed by atoms with van der Waals surface area (Å²) in [5.41, 5.74) is 3.43. The first-order valence-corrected chi connectivity index (χ1v) is 7.32. The van der Waals surface area contributed by atoms with Gasteiger partial charge in [0.25, 0.3) is 0 Å². The monoisotopic (exact) mass is 378 g/mol. The molecule has 0 aromatic heterocycles. The highest BCUT2D eigenvalue weighted by Gasteiger charge is 2.19. The van der Waals surface area contributed by atoms with Crippen molar-refractivity contribution >= 4 is 29.9 Å². The molecule has 2 aromatic carbocycles. The van der Waals surface area contributed by atoms with Crippen LogP contribution >= 0.6 is 24.0 Å². The Hall–Kier alpha value is -1.76. The van der Waals surface area contributed by atoms with Crippen molar-refractivity contribution in [1.29, 1.82) is 0 Å². The van der Waals surface area contributed by atoms with Crippen molar-refractivity contribution in [2.45, 2.75) is 12.3 Å². The second kappa shape index (κ2) is 8.92. The maximum Gasteiger partial charge on any atom is 0.241 e. The zero-order chi connectivity index (χ0) is 17.0. The largest absolute Gasteiger partial charge is 0.294 e. The normalized spacial score (nSPS) is 11.5. The predicted octanol–water partition coefficient (Wildman–Crippen LogP) is 3.90. The molecule has 0 aliphatic heterocycles. The lowest BCUT2D eigenvalue weighted by molar-refractivity contribution is -0.122. The molecular weight excluding hydrogens is 364 g/mol. The summed E-state index contributed by atoms with van der Waals surface area (Å²) in [6.07, 6.45) is 0.393. The Morgan fingerprint density at radius 3 is 2.08 bits per heavy atom. The summed E-state index contributed by atoms with van der Waals surface area (Å²) in [5.74, 6) is 0.499. The zero-order valence-electron chi connectivity index (χ0n) is 12.4. The molecule has 0 bridgehead atoms. The Bertz CT molecular complexity index is 688. The Balaban J connectivity index is 0.00000288. The van der Waals surface area contributed by atoms with Crippen LogP contribution in [0.1, 0.15) is 17.9 Å². The van der Waals surface area contributed by atoms with Gasteiger partial charge < -0.3 is 0 Å². The molecule has 1 unspecified atom stereocenters. The van der Waals surface area contributed by atoms with E-state index >= 15 is 0 Å². The molecule has 0 aliphatic rings. The van der Waals surface area contributed by atoms with Gasteiger partial charge in [-0.25, -0.2) is 19.0 Å². The number of carbonyl (C=O) groups is 1. The fourth-order valence-electron chi connectivity index (χ4n) is 2.29. The van der Waals surface area contributed by atoms with E-state index in [9.17, 15) is 18.0 Å². The van der Waals surface area contributed by atoms with Crippen LogP contribution in [0, 0.1) is 17.5 Å². The third-order valence-electron chi connectivity index (χ3n) is 3.49. The third-order valence-corrected chi connectivity index (χ3v) is 3.70. The van der Waals surface area contributed by atoms with E-state index in [-0.39, 0.29) is 29.8 Å². The minimum absolute atomic E-state index is 0. The molecule has 0 heterocycles. The number of nitrogens with one attached hydrogen (secondary N) is 1. The molecule has 24 heavy (non-hydrogen) atoms. The molecule has 0 saturated heterocycles. The van der Waals surface area contributed by atoms with Gasteiger partial charge in [-0.1, -0.05) is 24.3 Å². The molecule has 2 rings (SSSR count). The highest BCUT2D eigenvalue weighted by atomic mass is 35.5. The highest BCUT2D eigenvalue weighted by molar-refractivity contribution is 6.18. The lowest BCUT2D eigenvalue weighted by Gasteiger charge is -2.15. The Kier molecular flexibility index (Phi) is 7.54. The summed E-state index contributed by atoms with van der Waals surface area (Å²) in [5, 5.41) is 0. The third kappa shape index (κ3) is 4.41. The van der Waals surface area contributed by atoms with Gasteiger partial charge in [-0.15, -0.1) is 24.0 Å². The number of hydrogen-bond acceptors (Lipinski definition) is 2. The number of nitrogens with two attached hydrogens (primary N) is 1. The minimum Gasteiger partial charge on any atom is -0.294 e. The van der Waals surface area contributed by atoms with Crippen molar-refractivity contribution in [2.75, 3.05) is 5.88 Å². The van der Waals surface area contributed by atoms with Crippen LogP contribution in [0.3, 0.4) is 0 Å². The summed E-state index contributed by atoms with van der Waals surface area (Å²) in [4.78, 5) is 11.7. The zero-order valence-corrected chi connectivity index (χ0v) is 13.9. The van der Waals surface area contributed by atoms with Crippen LogP contribution in [0.2, 0.25) is 0 Å². The standard InChI is InChI=1S/C16H14ClF3N2O.ClH/c17-6-5-12(16(23)22-21)10-3-1-9(2-4-10)11-7-13(18)15(20)14(19)8-11;/h1-4,7-8,12H,5-6,21H2,(H,22,23);1H. The van der Waals surface area contributed by atoms with Crippen molar-refractivity contribution in [3.63, 3.8) is 0 Å². The molecule has 0 radical (unpaired) electrons. The quantitative estimate of drug-likeness (QED) is 0.272. The van der Waals surface area contributed by atoms with Crippen LogP contribution < -0.4 is 11.3 Å². The van der Waals surface area contributed by atoms with Crippen LogP contribution in [0.4, 0.5) is 13.2 Å². The molecule has 1 atom stereocenters. The van der Waals surface area contributed by atoms with E-state index in [1.165, 1.54) is 0 Å². The van der Waals surface area contributed by atoms with Crippen LogP contribution in [0.5, 0.6) is 0 Å². The fraction of sp³-hybridized carbons (Fsp3) is 0.188. The fourth-order valence-corrected chi connectivity index (χ4v) is 2.51. The average molecular weight is 379 g/mol. The lowest BCUT2D eigenvalue weighted by atomic mass is 9.93. The van der Waals surface area contributed by atoms with Gasteiger partial charge in [0.15, 0.2) is 17.5 Å². The number of carbonyl (C=O) groups excluding carboxylic acids is 1. The molecule has 0 spiro atoms. The van der Waals surface area contributed by atoms with Gasteiger partial charge in [0, 0.05) is 5.88 Å². The number of hydrazine groups is 1. The molecule has 1 amide bonds. The van der Waals surface area contributed by atoms with Crippen LogP contribution in [0.15, 0.2) is 36.4 Å². The first-order chi connectivity index (χ1) is 11.0. The molecule has 0 saturated carbocycles. The smallest absolute Gasteiger partial charge is 0.241 e. The molecule has 3 N–H and O–H groups in total. The first-order valence-electron chi connectivity index (χ1n) is 6.79. The molecule has 0 fully saturated rings. The van der Waals surface area contributed by atoms with Crippen molar-refractivity contribution in [3.8, 4) is 11.1 Å². The minimum atomic E-state index is -1.51. The molecular formula is C16H15Cl2F3N2O. The SMILES string of the molecule is Cl.NNC(=O)C(CCCl)c1ccc(-c2cc(F)c(F)c(F)c2)cc1. The number of alkyl halides is 1. The lowest BCUT2D eigenvalue weighted by Crippen LogP contribution is -2.35. The van der Waals surface area contributed by atoms with Crippen LogP contribution in [-0.4, -0.2) is 11.8 Å². The van der Waals surface area contributed by atoms with Crippen molar-refractivity contribution in [1.82, 2.24) is 5.43 Å². The molecule has 2 aromatic rings. The van der Waals surface area contributed by atoms with E-state index in [4.69, 9.17) is 17.4 Å². The van der Waals surface area contributed by atoms with Gasteiger partial charge in [0.2, 0.25) is 5.91 Å². The summed E-state index contributed by atoms with van der Waals surface area (Å²) >= 11 is 5.68. The van der Waals surface area contributed by atoms with Crippen molar-refractivity contribution in [2.24, 2.45) is 5.84 Å². The molecule has 3 nitrogen and oxygen atoms in total. The highest BCUT2D eigenvalue weighted by Crippen LogP contribution is 2.27. The van der Waals surface area contributed by atoms with Crippen LogP contribution in [-0.2, 0) is 4.79 Å². The van der Waals surface area contributed by atoms with Gasteiger partial charge >= 0.3 is 0 Å². The summed E-state index contributed by atoms with van der Waals surface area (Å²) < 4.78 is 39.6. The summed E-state index contributed by atoms with van der Waals surface area (Å²) in [7, 11) is 0. The number of amides is 1. The Morgan fingerprint density at radius 2 is 1.62 bits per heavy atom. The van der Waals surface area contributed by atoms with Gasteiger partial charge in [-0.2, -0.15) is 0 Å².